The van der Waals surface area contributed by atoms with Crippen LogP contribution in [0.5, 0.6) is 0 Å². The second-order valence-electron chi connectivity index (χ2n) is 3.46. The van der Waals surface area contributed by atoms with E-state index in [1.807, 2.05) is 30.3 Å². The monoisotopic (exact) mass is 310 g/mol. The summed E-state index contributed by atoms with van der Waals surface area (Å²) >= 11 is 4.83. The van der Waals surface area contributed by atoms with Gasteiger partial charge in [-0.25, -0.2) is 4.98 Å². The van der Waals surface area contributed by atoms with E-state index in [2.05, 4.69) is 26.2 Å². The molecule has 2 rings (SSSR count). The zero-order valence-corrected chi connectivity index (χ0v) is 11.4. The van der Waals surface area contributed by atoms with Crippen LogP contribution in [0.2, 0.25) is 0 Å². The van der Waals surface area contributed by atoms with Crippen LogP contribution in [0.1, 0.15) is 22.1 Å². The van der Waals surface area contributed by atoms with Crippen LogP contribution < -0.4 is 5.32 Å². The van der Waals surface area contributed by atoms with Crippen LogP contribution in [0.15, 0.2) is 41.2 Å². The summed E-state index contributed by atoms with van der Waals surface area (Å²) < 4.78 is 0. The number of nitrogens with zero attached hydrogens (tertiary/aromatic N) is 1. The Morgan fingerprint density at radius 2 is 2.18 bits per heavy atom. The number of carbonyl (C=O) groups is 1. The van der Waals surface area contributed by atoms with Crippen LogP contribution >= 0.6 is 27.3 Å². The Bertz CT molecular complexity index is 473. The summed E-state index contributed by atoms with van der Waals surface area (Å²) in [5, 5.41) is 5.36. The molecule has 0 spiro atoms. The van der Waals surface area contributed by atoms with Gasteiger partial charge in [0.1, 0.15) is 5.69 Å². The van der Waals surface area contributed by atoms with Gasteiger partial charge in [0.2, 0.25) is 0 Å². The smallest absolute Gasteiger partial charge is 0.271 e. The zero-order chi connectivity index (χ0) is 12.1. The lowest BCUT2D eigenvalue weighted by molar-refractivity contribution is 0.0936. The fourth-order valence-corrected chi connectivity index (χ4v) is 2.52. The summed E-state index contributed by atoms with van der Waals surface area (Å²) in [6, 6.07) is 9.82. The van der Waals surface area contributed by atoms with Crippen LogP contribution in [0.25, 0.3) is 0 Å². The van der Waals surface area contributed by atoms with Crippen molar-refractivity contribution in [2.75, 3.05) is 5.33 Å². The second kappa shape index (κ2) is 5.93. The van der Waals surface area contributed by atoms with E-state index in [1.54, 1.807) is 10.9 Å². The lowest BCUT2D eigenvalue weighted by Crippen LogP contribution is -2.29. The van der Waals surface area contributed by atoms with Gasteiger partial charge in [0.25, 0.3) is 5.91 Å². The minimum atomic E-state index is -0.139. The summed E-state index contributed by atoms with van der Waals surface area (Å²) in [5.41, 5.74) is 3.20. The highest BCUT2D eigenvalue weighted by Crippen LogP contribution is 2.15. The summed E-state index contributed by atoms with van der Waals surface area (Å²) in [5.74, 6) is -0.139. The SMILES string of the molecule is O=C(NC(CBr)c1ccccc1)c1cscn1. The number of nitrogens with one attached hydrogen (secondary N) is 1. The predicted octanol–water partition coefficient (Wildman–Crippen LogP) is 3.01. The van der Waals surface area contributed by atoms with Crippen molar-refractivity contribution in [3.8, 4) is 0 Å². The first-order valence-corrected chi connectivity index (χ1v) is 7.17. The van der Waals surface area contributed by atoms with Gasteiger partial charge in [0.05, 0.1) is 11.6 Å². The third-order valence-corrected chi connectivity index (χ3v) is 3.56. The number of hydrogen-bond acceptors (Lipinski definition) is 3. The molecule has 0 aliphatic carbocycles. The van der Waals surface area contributed by atoms with Crippen molar-refractivity contribution in [1.29, 1.82) is 0 Å². The number of halogens is 1. The van der Waals surface area contributed by atoms with Crippen molar-refractivity contribution in [3.05, 3.63) is 52.5 Å². The van der Waals surface area contributed by atoms with Gasteiger partial charge in [0, 0.05) is 10.7 Å². The number of aromatic nitrogens is 1. The number of thiazole rings is 1. The van der Waals surface area contributed by atoms with Gasteiger partial charge in [-0.15, -0.1) is 11.3 Å². The molecular formula is C12H11BrN2OS. The number of benzene rings is 1. The van der Waals surface area contributed by atoms with Crippen molar-refractivity contribution in [3.63, 3.8) is 0 Å². The van der Waals surface area contributed by atoms with E-state index >= 15 is 0 Å². The van der Waals surface area contributed by atoms with E-state index < -0.39 is 0 Å². The lowest BCUT2D eigenvalue weighted by atomic mass is 10.1. The highest BCUT2D eigenvalue weighted by Gasteiger charge is 2.15. The first kappa shape index (κ1) is 12.3. The lowest BCUT2D eigenvalue weighted by Gasteiger charge is -2.15. The van der Waals surface area contributed by atoms with Crippen LogP contribution in [0.4, 0.5) is 0 Å². The highest BCUT2D eigenvalue weighted by atomic mass is 79.9. The van der Waals surface area contributed by atoms with Gasteiger partial charge in [-0.2, -0.15) is 0 Å². The average Bonchev–Trinajstić information content (AvgIpc) is 2.90. The van der Waals surface area contributed by atoms with Gasteiger partial charge >= 0.3 is 0 Å². The maximum atomic E-state index is 11.9. The zero-order valence-electron chi connectivity index (χ0n) is 8.97. The maximum absolute atomic E-state index is 11.9. The molecule has 17 heavy (non-hydrogen) atoms. The first-order chi connectivity index (χ1) is 8.31. The van der Waals surface area contributed by atoms with Crippen molar-refractivity contribution in [1.82, 2.24) is 10.3 Å². The van der Waals surface area contributed by atoms with E-state index in [9.17, 15) is 4.79 Å². The molecule has 1 atom stereocenters. The van der Waals surface area contributed by atoms with E-state index in [0.717, 1.165) is 5.56 Å². The van der Waals surface area contributed by atoms with Crippen LogP contribution in [0, 0.1) is 0 Å². The number of hydrogen-bond donors (Lipinski definition) is 1. The molecule has 1 amide bonds. The molecule has 0 radical (unpaired) electrons. The van der Waals surface area contributed by atoms with Gasteiger partial charge in [-0.3, -0.25) is 4.79 Å². The normalized spacial score (nSPS) is 12.1. The van der Waals surface area contributed by atoms with Gasteiger partial charge in [0.15, 0.2) is 0 Å². The number of rotatable bonds is 4. The third kappa shape index (κ3) is 3.14. The second-order valence-corrected chi connectivity index (χ2v) is 4.83. The molecule has 88 valence electrons. The summed E-state index contributed by atoms with van der Waals surface area (Å²) in [7, 11) is 0. The molecular weight excluding hydrogens is 300 g/mol. The minimum Gasteiger partial charge on any atom is -0.343 e. The molecule has 0 aliphatic heterocycles. The standard InChI is InChI=1S/C12H11BrN2OS/c13-6-10(9-4-2-1-3-5-9)15-12(16)11-7-17-8-14-11/h1-5,7-8,10H,6H2,(H,15,16). The summed E-state index contributed by atoms with van der Waals surface area (Å²) in [6.07, 6.45) is 0. The molecule has 0 saturated carbocycles. The highest BCUT2D eigenvalue weighted by molar-refractivity contribution is 9.09. The Balaban J connectivity index is 2.09. The molecule has 1 aromatic carbocycles. The van der Waals surface area contributed by atoms with Crippen LogP contribution in [0.3, 0.4) is 0 Å². The molecule has 0 aliphatic rings. The van der Waals surface area contributed by atoms with Crippen molar-refractivity contribution in [2.45, 2.75) is 6.04 Å². The van der Waals surface area contributed by atoms with E-state index in [0.29, 0.717) is 11.0 Å². The fraction of sp³-hybridized carbons (Fsp3) is 0.167. The summed E-state index contributed by atoms with van der Waals surface area (Å²) in [6.45, 7) is 0. The Morgan fingerprint density at radius 1 is 1.41 bits per heavy atom. The molecule has 1 unspecified atom stereocenters. The molecule has 1 N–H and O–H groups in total. The number of alkyl halides is 1. The Kier molecular flexibility index (Phi) is 4.28. The maximum Gasteiger partial charge on any atom is 0.271 e. The molecule has 0 saturated heterocycles. The van der Waals surface area contributed by atoms with Crippen molar-refractivity contribution < 1.29 is 4.79 Å². The molecule has 0 fully saturated rings. The minimum absolute atomic E-state index is 0.0367. The van der Waals surface area contributed by atoms with Gasteiger partial charge in [-0.1, -0.05) is 46.3 Å². The number of amides is 1. The first-order valence-electron chi connectivity index (χ1n) is 5.11. The van der Waals surface area contributed by atoms with Crippen molar-refractivity contribution >= 4 is 33.2 Å². The van der Waals surface area contributed by atoms with E-state index in [4.69, 9.17) is 0 Å². The molecule has 1 heterocycles. The molecule has 3 nitrogen and oxygen atoms in total. The topological polar surface area (TPSA) is 42.0 Å². The largest absolute Gasteiger partial charge is 0.343 e. The van der Waals surface area contributed by atoms with Gasteiger partial charge in [-0.05, 0) is 5.56 Å². The van der Waals surface area contributed by atoms with Crippen LogP contribution in [-0.2, 0) is 0 Å². The Labute approximate surface area is 112 Å². The summed E-state index contributed by atoms with van der Waals surface area (Å²) in [4.78, 5) is 15.8. The van der Waals surface area contributed by atoms with Crippen molar-refractivity contribution in [2.24, 2.45) is 0 Å². The Hall–Kier alpha value is -1.20. The quantitative estimate of drug-likeness (QED) is 0.882. The van der Waals surface area contributed by atoms with E-state index in [-0.39, 0.29) is 11.9 Å². The molecule has 2 aromatic rings. The van der Waals surface area contributed by atoms with Gasteiger partial charge < -0.3 is 5.32 Å². The molecule has 5 heteroatoms. The third-order valence-electron chi connectivity index (χ3n) is 2.33. The van der Waals surface area contributed by atoms with E-state index in [1.165, 1.54) is 11.3 Å². The fourth-order valence-electron chi connectivity index (χ4n) is 1.45. The Morgan fingerprint density at radius 3 is 2.76 bits per heavy atom. The van der Waals surface area contributed by atoms with Crippen LogP contribution in [-0.4, -0.2) is 16.2 Å². The molecule has 0 bridgehead atoms. The average molecular weight is 311 g/mol. The molecule has 1 aromatic heterocycles. The predicted molar refractivity (Wildman–Crippen MR) is 72.6 cm³/mol. The number of carbonyl (C=O) groups excluding carboxylic acids is 1.